The van der Waals surface area contributed by atoms with Gasteiger partial charge in [0.15, 0.2) is 0 Å². The minimum Gasteiger partial charge on any atom is -0.369 e. The van der Waals surface area contributed by atoms with Gasteiger partial charge in [-0.15, -0.1) is 0 Å². The molecule has 0 radical (unpaired) electrons. The van der Waals surface area contributed by atoms with Crippen LogP contribution in [0.5, 0.6) is 0 Å². The fourth-order valence-electron chi connectivity index (χ4n) is 5.27. The van der Waals surface area contributed by atoms with E-state index >= 15 is 0 Å². The average Bonchev–Trinajstić information content (AvgIpc) is 3.48. The summed E-state index contributed by atoms with van der Waals surface area (Å²) in [5, 5.41) is 4.15. The maximum absolute atomic E-state index is 11.6. The van der Waals surface area contributed by atoms with E-state index in [2.05, 4.69) is 23.9 Å². The van der Waals surface area contributed by atoms with Crippen LogP contribution in [0.2, 0.25) is 5.02 Å². The maximum atomic E-state index is 11.6. The van der Waals surface area contributed by atoms with E-state index in [1.54, 1.807) is 0 Å². The number of primary amides is 1. The van der Waals surface area contributed by atoms with Crippen molar-refractivity contribution in [2.75, 3.05) is 7.05 Å². The van der Waals surface area contributed by atoms with Crippen LogP contribution in [0.1, 0.15) is 52.4 Å². The summed E-state index contributed by atoms with van der Waals surface area (Å²) in [6.45, 7) is 4.38. The van der Waals surface area contributed by atoms with Crippen LogP contribution < -0.4 is 15.8 Å². The Balaban J connectivity index is 0.000000172. The van der Waals surface area contributed by atoms with Gasteiger partial charge in [0, 0.05) is 16.4 Å². The first kappa shape index (κ1) is 23.6. The van der Waals surface area contributed by atoms with E-state index in [-0.39, 0.29) is 16.9 Å². The summed E-state index contributed by atoms with van der Waals surface area (Å²) < 4.78 is 3.14. The number of hydrogen-bond donors (Lipinski definition) is 3. The number of aldehydes is 1. The molecule has 5 nitrogen and oxygen atoms in total. The molecular formula is C23H34ClN3O2S. The van der Waals surface area contributed by atoms with Crippen molar-refractivity contribution in [2.24, 2.45) is 28.9 Å². The lowest BCUT2D eigenvalue weighted by atomic mass is 9.57. The highest BCUT2D eigenvalue weighted by Crippen LogP contribution is 2.50. The quantitative estimate of drug-likeness (QED) is 0.446. The molecule has 4 rings (SSSR count). The van der Waals surface area contributed by atoms with Crippen molar-refractivity contribution in [3.63, 3.8) is 0 Å². The molecule has 0 aliphatic heterocycles. The number of rotatable bonds is 6. The molecule has 30 heavy (non-hydrogen) atoms. The van der Waals surface area contributed by atoms with Gasteiger partial charge in [0.2, 0.25) is 5.91 Å². The molecule has 1 aromatic carbocycles. The van der Waals surface area contributed by atoms with E-state index in [1.165, 1.54) is 24.8 Å². The fraction of sp³-hybridized carbons (Fsp3) is 0.652. The zero-order valence-corrected chi connectivity index (χ0v) is 19.7. The molecule has 5 atom stereocenters. The van der Waals surface area contributed by atoms with E-state index in [4.69, 9.17) is 17.3 Å². The lowest BCUT2D eigenvalue weighted by Crippen LogP contribution is -2.52. The first-order valence-electron chi connectivity index (χ1n) is 10.8. The Morgan fingerprint density at radius 1 is 1.27 bits per heavy atom. The van der Waals surface area contributed by atoms with E-state index < -0.39 is 0 Å². The van der Waals surface area contributed by atoms with E-state index in [0.717, 1.165) is 42.8 Å². The lowest BCUT2D eigenvalue weighted by Gasteiger charge is -2.49. The van der Waals surface area contributed by atoms with Gasteiger partial charge in [-0.1, -0.05) is 37.6 Å². The van der Waals surface area contributed by atoms with Gasteiger partial charge in [0.1, 0.15) is 6.29 Å². The van der Waals surface area contributed by atoms with Crippen molar-refractivity contribution in [1.29, 1.82) is 0 Å². The van der Waals surface area contributed by atoms with Crippen molar-refractivity contribution >= 4 is 35.7 Å². The predicted molar refractivity (Wildman–Crippen MR) is 123 cm³/mol. The lowest BCUT2D eigenvalue weighted by molar-refractivity contribution is -0.132. The molecule has 0 saturated heterocycles. The van der Waals surface area contributed by atoms with Crippen molar-refractivity contribution in [2.45, 2.75) is 68.8 Å². The standard InChI is InChI=1S/C13H24N2O.C10H10ClNOS/c1-8-4-9-5-10(11(8)15-3)7-13(2,6-9)12(14)16;11-8-3-1-2-4-9(8)14-12-10(7-13)5-6-10/h8-11,15H,4-7H2,1-3H3,(H2,14,16);1-4,7,12H,5-6H2. The third-order valence-electron chi connectivity index (χ3n) is 7.06. The Hall–Kier alpha value is -1.08. The molecule has 4 N–H and O–H groups in total. The fourth-order valence-corrected chi connectivity index (χ4v) is 6.40. The Labute approximate surface area is 189 Å². The molecule has 7 heteroatoms. The number of halogens is 1. The van der Waals surface area contributed by atoms with Gasteiger partial charge in [-0.3, -0.25) is 4.79 Å². The Kier molecular flexibility index (Phi) is 7.54. The Morgan fingerprint density at radius 2 is 1.97 bits per heavy atom. The number of hydrogen-bond acceptors (Lipinski definition) is 5. The van der Waals surface area contributed by atoms with Gasteiger partial charge < -0.3 is 15.8 Å². The number of carbonyl (C=O) groups is 2. The smallest absolute Gasteiger partial charge is 0.223 e. The molecule has 0 aromatic heterocycles. The molecule has 1 amide bonds. The second-order valence-corrected chi connectivity index (χ2v) is 10.9. The van der Waals surface area contributed by atoms with Crippen LogP contribution in [-0.4, -0.2) is 30.8 Å². The van der Waals surface area contributed by atoms with Crippen molar-refractivity contribution in [3.05, 3.63) is 29.3 Å². The highest BCUT2D eigenvalue weighted by atomic mass is 35.5. The van der Waals surface area contributed by atoms with Crippen molar-refractivity contribution in [1.82, 2.24) is 10.0 Å². The number of nitrogens with one attached hydrogen (secondary N) is 2. The number of fused-ring (bicyclic) bond motifs is 2. The second kappa shape index (κ2) is 9.60. The molecule has 5 unspecified atom stereocenters. The third-order valence-corrected chi connectivity index (χ3v) is 8.58. The van der Waals surface area contributed by atoms with Crippen LogP contribution >= 0.6 is 23.5 Å². The van der Waals surface area contributed by atoms with Crippen LogP contribution in [0, 0.1) is 23.2 Å². The number of benzene rings is 1. The largest absolute Gasteiger partial charge is 0.369 e. The summed E-state index contributed by atoms with van der Waals surface area (Å²) in [6.07, 6.45) is 7.32. The molecule has 3 aliphatic rings. The van der Waals surface area contributed by atoms with Gasteiger partial charge in [0.05, 0.1) is 10.6 Å². The normalized spacial score (nSPS) is 33.7. The van der Waals surface area contributed by atoms with Crippen LogP contribution in [0.4, 0.5) is 0 Å². The van der Waals surface area contributed by atoms with Crippen LogP contribution in [0.15, 0.2) is 29.2 Å². The SMILES string of the molecule is CNC1C(C)CC2CC1CC(C)(C(N)=O)C2.O=CC1(NSc2ccccc2Cl)CC1. The molecule has 3 aliphatic carbocycles. The molecule has 1 aromatic rings. The summed E-state index contributed by atoms with van der Waals surface area (Å²) in [4.78, 5) is 23.2. The second-order valence-electron chi connectivity index (χ2n) is 9.63. The summed E-state index contributed by atoms with van der Waals surface area (Å²) in [5.41, 5.74) is 5.02. The topological polar surface area (TPSA) is 84.2 Å². The monoisotopic (exact) mass is 451 g/mol. The zero-order valence-electron chi connectivity index (χ0n) is 18.1. The zero-order chi connectivity index (χ0) is 21.9. The van der Waals surface area contributed by atoms with Crippen molar-refractivity contribution in [3.8, 4) is 0 Å². The molecule has 3 saturated carbocycles. The maximum Gasteiger partial charge on any atom is 0.223 e. The van der Waals surface area contributed by atoms with Gasteiger partial charge in [0.25, 0.3) is 0 Å². The third kappa shape index (κ3) is 5.39. The summed E-state index contributed by atoms with van der Waals surface area (Å²) in [6, 6.07) is 8.15. The minimum atomic E-state index is -0.288. The van der Waals surface area contributed by atoms with Gasteiger partial charge in [-0.05, 0) is 87.4 Å². The molecule has 2 bridgehead atoms. The molecule has 3 fully saturated rings. The van der Waals surface area contributed by atoms with Gasteiger partial charge in [-0.25, -0.2) is 4.72 Å². The van der Waals surface area contributed by atoms with Crippen LogP contribution in [-0.2, 0) is 9.59 Å². The first-order chi connectivity index (χ1) is 14.2. The average molecular weight is 452 g/mol. The Morgan fingerprint density at radius 3 is 2.53 bits per heavy atom. The molecular weight excluding hydrogens is 418 g/mol. The summed E-state index contributed by atoms with van der Waals surface area (Å²) in [7, 11) is 2.04. The van der Waals surface area contributed by atoms with Crippen molar-refractivity contribution < 1.29 is 9.59 Å². The van der Waals surface area contributed by atoms with E-state index in [0.29, 0.717) is 22.9 Å². The van der Waals surface area contributed by atoms with Gasteiger partial charge >= 0.3 is 0 Å². The van der Waals surface area contributed by atoms with E-state index in [9.17, 15) is 9.59 Å². The predicted octanol–water partition coefficient (Wildman–Crippen LogP) is 4.19. The van der Waals surface area contributed by atoms with Gasteiger partial charge in [-0.2, -0.15) is 0 Å². The van der Waals surface area contributed by atoms with E-state index in [1.807, 2.05) is 31.3 Å². The van der Waals surface area contributed by atoms with Crippen LogP contribution in [0.25, 0.3) is 0 Å². The Bertz CT molecular complexity index is 771. The minimum absolute atomic E-state index is 0.105. The summed E-state index contributed by atoms with van der Waals surface area (Å²) in [5.74, 6) is 1.96. The number of nitrogens with two attached hydrogens (primary N) is 1. The highest BCUT2D eigenvalue weighted by molar-refractivity contribution is 7.97. The highest BCUT2D eigenvalue weighted by Gasteiger charge is 2.47. The first-order valence-corrected chi connectivity index (χ1v) is 12.0. The van der Waals surface area contributed by atoms with Crippen LogP contribution in [0.3, 0.4) is 0 Å². The summed E-state index contributed by atoms with van der Waals surface area (Å²) >= 11 is 7.40. The number of amides is 1. The molecule has 166 valence electrons. The molecule has 0 heterocycles. The molecule has 0 spiro atoms. The number of carbonyl (C=O) groups excluding carboxylic acids is 2.